The second-order valence-corrected chi connectivity index (χ2v) is 3.75. The highest BCUT2D eigenvalue weighted by Crippen LogP contribution is 2.14. The molecule has 0 aliphatic rings. The van der Waals surface area contributed by atoms with E-state index in [-0.39, 0.29) is 6.61 Å². The maximum Gasteiger partial charge on any atom is 0.0606 e. The Morgan fingerprint density at radius 1 is 1.19 bits per heavy atom. The molecule has 1 aromatic carbocycles. The summed E-state index contributed by atoms with van der Waals surface area (Å²) in [6.07, 6.45) is 0. The fraction of sp³-hybridized carbons (Fsp3) is 0.538. The molecule has 1 aromatic rings. The van der Waals surface area contributed by atoms with Crippen LogP contribution < -0.4 is 10.2 Å². The van der Waals surface area contributed by atoms with E-state index in [0.717, 1.165) is 19.6 Å². The summed E-state index contributed by atoms with van der Waals surface area (Å²) in [7, 11) is 0. The molecule has 0 radical (unpaired) electrons. The zero-order valence-electron chi connectivity index (χ0n) is 10.2. The summed E-state index contributed by atoms with van der Waals surface area (Å²) in [5.41, 5.74) is 2.47. The van der Waals surface area contributed by atoms with Crippen molar-refractivity contribution in [2.45, 2.75) is 20.4 Å². The van der Waals surface area contributed by atoms with Gasteiger partial charge in [-0.05, 0) is 31.2 Å². The predicted octanol–water partition coefficient (Wildman–Crippen LogP) is 1.61. The van der Waals surface area contributed by atoms with Crippen molar-refractivity contribution in [3.05, 3.63) is 29.8 Å². The number of nitrogens with zero attached hydrogens (tertiary/aromatic N) is 1. The van der Waals surface area contributed by atoms with Gasteiger partial charge < -0.3 is 15.3 Å². The molecule has 0 unspecified atom stereocenters. The maximum absolute atomic E-state index is 8.95. The van der Waals surface area contributed by atoms with Gasteiger partial charge in [0.25, 0.3) is 0 Å². The number of benzene rings is 1. The van der Waals surface area contributed by atoms with E-state index in [1.807, 2.05) is 0 Å². The molecule has 0 aliphatic heterocycles. The molecular weight excluding hydrogens is 200 g/mol. The lowest BCUT2D eigenvalue weighted by molar-refractivity contribution is 0.302. The van der Waals surface area contributed by atoms with Crippen LogP contribution in [0.2, 0.25) is 0 Å². The minimum atomic E-state index is 0.201. The molecule has 0 heterocycles. The summed E-state index contributed by atoms with van der Waals surface area (Å²) in [5.74, 6) is 0. The number of likely N-dealkylation sites (N-methyl/N-ethyl adjacent to an activating group) is 1. The van der Waals surface area contributed by atoms with Gasteiger partial charge in [0.2, 0.25) is 0 Å². The van der Waals surface area contributed by atoms with E-state index in [2.05, 4.69) is 48.3 Å². The highest BCUT2D eigenvalue weighted by atomic mass is 16.3. The van der Waals surface area contributed by atoms with Crippen molar-refractivity contribution in [2.75, 3.05) is 31.1 Å². The molecule has 0 saturated heterocycles. The molecule has 0 aromatic heterocycles. The van der Waals surface area contributed by atoms with Crippen molar-refractivity contribution in [1.82, 2.24) is 5.32 Å². The monoisotopic (exact) mass is 222 g/mol. The fourth-order valence-corrected chi connectivity index (χ4v) is 1.68. The third-order valence-electron chi connectivity index (χ3n) is 2.63. The van der Waals surface area contributed by atoms with Gasteiger partial charge in [-0.3, -0.25) is 0 Å². The maximum atomic E-state index is 8.95. The Kier molecular flexibility index (Phi) is 5.90. The van der Waals surface area contributed by atoms with Crippen LogP contribution in [-0.4, -0.2) is 31.3 Å². The standard InChI is InChI=1S/C13H22N2O/c1-3-14-11-12-5-7-13(8-6-12)15(4-2)9-10-16/h5-8,14,16H,3-4,9-11H2,1-2H3. The van der Waals surface area contributed by atoms with Crippen molar-refractivity contribution in [3.63, 3.8) is 0 Å². The van der Waals surface area contributed by atoms with E-state index in [9.17, 15) is 0 Å². The molecule has 0 aliphatic carbocycles. The molecule has 0 atom stereocenters. The quantitative estimate of drug-likeness (QED) is 0.736. The molecule has 0 fully saturated rings. The van der Waals surface area contributed by atoms with Crippen molar-refractivity contribution in [3.8, 4) is 0 Å². The van der Waals surface area contributed by atoms with Gasteiger partial charge in [0.1, 0.15) is 0 Å². The van der Waals surface area contributed by atoms with Gasteiger partial charge in [-0.1, -0.05) is 19.1 Å². The Morgan fingerprint density at radius 2 is 1.88 bits per heavy atom. The third-order valence-corrected chi connectivity index (χ3v) is 2.63. The van der Waals surface area contributed by atoms with E-state index in [1.165, 1.54) is 11.3 Å². The SMILES string of the molecule is CCNCc1ccc(N(CC)CCO)cc1. The first-order valence-electron chi connectivity index (χ1n) is 5.97. The highest BCUT2D eigenvalue weighted by molar-refractivity contribution is 5.47. The molecular formula is C13H22N2O. The lowest BCUT2D eigenvalue weighted by Gasteiger charge is -2.22. The molecule has 0 saturated carbocycles. The van der Waals surface area contributed by atoms with Gasteiger partial charge in [-0.15, -0.1) is 0 Å². The molecule has 90 valence electrons. The van der Waals surface area contributed by atoms with E-state index >= 15 is 0 Å². The second kappa shape index (κ2) is 7.25. The number of nitrogens with one attached hydrogen (secondary N) is 1. The van der Waals surface area contributed by atoms with Gasteiger partial charge in [0, 0.05) is 25.3 Å². The lowest BCUT2D eigenvalue weighted by Crippen LogP contribution is -2.26. The first-order valence-corrected chi connectivity index (χ1v) is 5.97. The summed E-state index contributed by atoms with van der Waals surface area (Å²) in [4.78, 5) is 2.16. The first-order chi connectivity index (χ1) is 7.81. The summed E-state index contributed by atoms with van der Waals surface area (Å²) in [6.45, 7) is 7.94. The second-order valence-electron chi connectivity index (χ2n) is 3.75. The van der Waals surface area contributed by atoms with Gasteiger partial charge in [0.05, 0.1) is 6.61 Å². The first kappa shape index (κ1) is 13.0. The summed E-state index contributed by atoms with van der Waals surface area (Å²) in [6, 6.07) is 8.51. The van der Waals surface area contributed by atoms with Crippen LogP contribution in [0.3, 0.4) is 0 Å². The highest BCUT2D eigenvalue weighted by Gasteiger charge is 2.02. The Balaban J connectivity index is 2.61. The zero-order valence-corrected chi connectivity index (χ0v) is 10.2. The number of aliphatic hydroxyl groups is 1. The van der Waals surface area contributed by atoms with Crippen LogP contribution in [0.1, 0.15) is 19.4 Å². The normalized spacial score (nSPS) is 10.4. The molecule has 3 nitrogen and oxygen atoms in total. The minimum Gasteiger partial charge on any atom is -0.395 e. The fourth-order valence-electron chi connectivity index (χ4n) is 1.68. The van der Waals surface area contributed by atoms with Crippen molar-refractivity contribution in [2.24, 2.45) is 0 Å². The topological polar surface area (TPSA) is 35.5 Å². The lowest BCUT2D eigenvalue weighted by atomic mass is 10.2. The van der Waals surface area contributed by atoms with E-state index < -0.39 is 0 Å². The van der Waals surface area contributed by atoms with Crippen LogP contribution in [0.15, 0.2) is 24.3 Å². The third kappa shape index (κ3) is 3.83. The van der Waals surface area contributed by atoms with Gasteiger partial charge in [-0.25, -0.2) is 0 Å². The molecule has 0 spiro atoms. The van der Waals surface area contributed by atoms with Crippen LogP contribution in [-0.2, 0) is 6.54 Å². The number of anilines is 1. The van der Waals surface area contributed by atoms with Crippen LogP contribution in [0.5, 0.6) is 0 Å². The largest absolute Gasteiger partial charge is 0.395 e. The Morgan fingerprint density at radius 3 is 2.38 bits per heavy atom. The van der Waals surface area contributed by atoms with Gasteiger partial charge in [-0.2, -0.15) is 0 Å². The van der Waals surface area contributed by atoms with Gasteiger partial charge in [0.15, 0.2) is 0 Å². The Hall–Kier alpha value is -1.06. The van der Waals surface area contributed by atoms with Crippen LogP contribution in [0.25, 0.3) is 0 Å². The Labute approximate surface area is 98.1 Å². The average Bonchev–Trinajstić information content (AvgIpc) is 2.34. The van der Waals surface area contributed by atoms with E-state index in [4.69, 9.17) is 5.11 Å². The number of hydrogen-bond donors (Lipinski definition) is 2. The summed E-state index contributed by atoms with van der Waals surface area (Å²) < 4.78 is 0. The van der Waals surface area contributed by atoms with Crippen molar-refractivity contribution in [1.29, 1.82) is 0 Å². The number of hydrogen-bond acceptors (Lipinski definition) is 3. The molecule has 0 bridgehead atoms. The molecule has 1 rings (SSSR count). The van der Waals surface area contributed by atoms with Crippen LogP contribution in [0.4, 0.5) is 5.69 Å². The number of rotatable bonds is 7. The zero-order chi connectivity index (χ0) is 11.8. The number of aliphatic hydroxyl groups excluding tert-OH is 1. The average molecular weight is 222 g/mol. The summed E-state index contributed by atoms with van der Waals surface area (Å²) >= 11 is 0. The molecule has 3 heteroatoms. The van der Waals surface area contributed by atoms with Gasteiger partial charge >= 0.3 is 0 Å². The smallest absolute Gasteiger partial charge is 0.0606 e. The molecule has 2 N–H and O–H groups in total. The van der Waals surface area contributed by atoms with Crippen molar-refractivity contribution >= 4 is 5.69 Å². The van der Waals surface area contributed by atoms with E-state index in [0.29, 0.717) is 6.54 Å². The van der Waals surface area contributed by atoms with Crippen LogP contribution in [0, 0.1) is 0 Å². The van der Waals surface area contributed by atoms with E-state index in [1.54, 1.807) is 0 Å². The van der Waals surface area contributed by atoms with Crippen molar-refractivity contribution < 1.29 is 5.11 Å². The summed E-state index contributed by atoms with van der Waals surface area (Å²) in [5, 5.41) is 12.2. The molecule has 16 heavy (non-hydrogen) atoms. The predicted molar refractivity (Wildman–Crippen MR) is 68.8 cm³/mol. The minimum absolute atomic E-state index is 0.201. The Bertz CT molecular complexity index is 284. The van der Waals surface area contributed by atoms with Crippen LogP contribution >= 0.6 is 0 Å². The molecule has 0 amide bonds.